The maximum Gasteiger partial charge on any atom is 0.407 e. The fourth-order valence-corrected chi connectivity index (χ4v) is 6.60. The van der Waals surface area contributed by atoms with Gasteiger partial charge in [0, 0.05) is 24.8 Å². The van der Waals surface area contributed by atoms with Crippen LogP contribution in [0.3, 0.4) is 0 Å². The first-order chi connectivity index (χ1) is 22.6. The lowest BCUT2D eigenvalue weighted by Gasteiger charge is -2.37. The number of hydrogen-bond acceptors (Lipinski definition) is 9. The molecule has 0 aromatic rings. The molecule has 11 heteroatoms. The molecule has 10 atom stereocenters. The lowest BCUT2D eigenvalue weighted by molar-refractivity contribution is -0.916. The summed E-state index contributed by atoms with van der Waals surface area (Å²) in [7, 11) is 2.20. The van der Waals surface area contributed by atoms with Crippen LogP contribution in [0.1, 0.15) is 80.1 Å². The molecule has 274 valence electrons. The number of alkyl carbamates (subject to hydrolysis) is 1. The molecule has 0 aromatic carbocycles. The third kappa shape index (κ3) is 12.9. The number of allylic oxidation sites excluding steroid dienone is 3. The summed E-state index contributed by atoms with van der Waals surface area (Å²) < 4.78 is 23.8. The fraction of sp³-hybridized carbons (Fsp3) is 0.784. The van der Waals surface area contributed by atoms with Crippen molar-refractivity contribution in [1.29, 1.82) is 0 Å². The lowest BCUT2D eigenvalue weighted by Crippen LogP contribution is -2.53. The van der Waals surface area contributed by atoms with Crippen LogP contribution in [0.25, 0.3) is 0 Å². The summed E-state index contributed by atoms with van der Waals surface area (Å²) in [6, 6.07) is 0. The number of aliphatic hydroxyl groups is 3. The smallest absolute Gasteiger partial charge is 0.407 e. The SMILES string of the molecule is CC[C@H](O)[C@@H](C)[C@H]1O[C@@H]1C[C@H](C)/C=C/C=C(\C)[C@H]1OC(=O)C[C@H](O)CC[C@@](C)(O)[C@@H](OC(=O)NCCC[N+]2(C)CCOCC2)/C=C/[C@@H]1C. The number of aliphatic hydroxyl groups excluding tert-OH is 2. The molecule has 0 aliphatic carbocycles. The van der Waals surface area contributed by atoms with E-state index in [2.05, 4.69) is 25.4 Å². The van der Waals surface area contributed by atoms with Gasteiger partial charge < -0.3 is 44.1 Å². The molecule has 3 aliphatic rings. The maximum atomic E-state index is 12.8. The third-order valence-electron chi connectivity index (χ3n) is 10.3. The summed E-state index contributed by atoms with van der Waals surface area (Å²) in [6.45, 7) is 16.3. The second kappa shape index (κ2) is 18.6. The Morgan fingerprint density at radius 3 is 2.65 bits per heavy atom. The minimum atomic E-state index is -1.47. The Bertz CT molecular complexity index is 1120. The number of carbonyl (C=O) groups is 2. The lowest BCUT2D eigenvalue weighted by atomic mass is 9.88. The van der Waals surface area contributed by atoms with Crippen LogP contribution < -0.4 is 5.32 Å². The van der Waals surface area contributed by atoms with Crippen LogP contribution in [0.4, 0.5) is 4.79 Å². The van der Waals surface area contributed by atoms with Gasteiger partial charge in [-0.1, -0.05) is 52.0 Å². The predicted octanol–water partition coefficient (Wildman–Crippen LogP) is 4.05. The molecule has 4 N–H and O–H groups in total. The zero-order chi connectivity index (χ0) is 35.5. The Morgan fingerprint density at radius 1 is 1.25 bits per heavy atom. The van der Waals surface area contributed by atoms with Gasteiger partial charge >= 0.3 is 12.1 Å². The normalized spacial score (nSPS) is 34.2. The summed E-state index contributed by atoms with van der Waals surface area (Å²) in [5, 5.41) is 34.9. The Kier molecular flexibility index (Phi) is 15.6. The highest BCUT2D eigenvalue weighted by atomic mass is 16.6. The van der Waals surface area contributed by atoms with E-state index in [0.717, 1.165) is 55.7 Å². The van der Waals surface area contributed by atoms with Crippen molar-refractivity contribution < 1.29 is 48.3 Å². The number of rotatable bonds is 13. The van der Waals surface area contributed by atoms with E-state index in [1.54, 1.807) is 13.0 Å². The molecule has 0 aromatic heterocycles. The molecule has 11 nitrogen and oxygen atoms in total. The van der Waals surface area contributed by atoms with Crippen molar-refractivity contribution in [3.63, 3.8) is 0 Å². The van der Waals surface area contributed by atoms with E-state index in [4.69, 9.17) is 18.9 Å². The van der Waals surface area contributed by atoms with E-state index in [1.165, 1.54) is 0 Å². The number of morpholine rings is 1. The number of likely N-dealkylation sites (N-methyl/N-ethyl adjacent to an activating group) is 1. The summed E-state index contributed by atoms with van der Waals surface area (Å²) >= 11 is 0. The second-order valence-corrected chi connectivity index (χ2v) is 14.9. The minimum Gasteiger partial charge on any atom is -0.457 e. The van der Waals surface area contributed by atoms with Gasteiger partial charge in [-0.25, -0.2) is 4.79 Å². The quantitative estimate of drug-likeness (QED) is 0.0566. The number of ether oxygens (including phenoxy) is 4. The van der Waals surface area contributed by atoms with Gasteiger partial charge in [-0.05, 0) is 57.1 Å². The van der Waals surface area contributed by atoms with E-state index >= 15 is 0 Å². The minimum absolute atomic E-state index is 0.0939. The molecule has 0 bridgehead atoms. The Balaban J connectivity index is 1.63. The van der Waals surface area contributed by atoms with Crippen LogP contribution in [0, 0.1) is 17.8 Å². The largest absolute Gasteiger partial charge is 0.457 e. The first kappa shape index (κ1) is 40.2. The number of amides is 1. The van der Waals surface area contributed by atoms with Crippen molar-refractivity contribution in [3.8, 4) is 0 Å². The summed E-state index contributed by atoms with van der Waals surface area (Å²) in [5.74, 6) is -0.473. The van der Waals surface area contributed by atoms with Crippen LogP contribution in [0.5, 0.6) is 0 Å². The topological polar surface area (TPSA) is 147 Å². The number of hydrogen-bond donors (Lipinski definition) is 4. The number of nitrogens with zero attached hydrogens (tertiary/aromatic N) is 1. The van der Waals surface area contributed by atoms with Gasteiger partial charge in [-0.2, -0.15) is 0 Å². The highest BCUT2D eigenvalue weighted by Gasteiger charge is 2.45. The van der Waals surface area contributed by atoms with Crippen LogP contribution >= 0.6 is 0 Å². The van der Waals surface area contributed by atoms with Gasteiger partial charge in [0.1, 0.15) is 24.8 Å². The highest BCUT2D eigenvalue weighted by molar-refractivity contribution is 5.70. The molecule has 3 rings (SSSR count). The van der Waals surface area contributed by atoms with Crippen molar-refractivity contribution in [2.24, 2.45) is 17.8 Å². The Labute approximate surface area is 287 Å². The summed E-state index contributed by atoms with van der Waals surface area (Å²) in [6.07, 6.45) is 8.49. The monoisotopic (exact) mass is 679 g/mol. The molecule has 2 saturated heterocycles. The van der Waals surface area contributed by atoms with Crippen LogP contribution in [0.2, 0.25) is 0 Å². The Morgan fingerprint density at radius 2 is 1.96 bits per heavy atom. The molecule has 48 heavy (non-hydrogen) atoms. The number of carbonyl (C=O) groups excluding carboxylic acids is 2. The Hall–Kier alpha value is -2.28. The van der Waals surface area contributed by atoms with Crippen LogP contribution in [-0.4, -0.2) is 121 Å². The van der Waals surface area contributed by atoms with E-state index < -0.39 is 36.0 Å². The van der Waals surface area contributed by atoms with Gasteiger partial charge in [-0.3, -0.25) is 4.79 Å². The number of epoxide rings is 1. The highest BCUT2D eigenvalue weighted by Crippen LogP contribution is 2.36. The molecule has 0 radical (unpaired) electrons. The molecule has 0 saturated carbocycles. The summed E-state index contributed by atoms with van der Waals surface area (Å²) in [4.78, 5) is 25.7. The van der Waals surface area contributed by atoms with Crippen LogP contribution in [0.15, 0.2) is 36.0 Å². The fourth-order valence-electron chi connectivity index (χ4n) is 6.60. The van der Waals surface area contributed by atoms with Gasteiger partial charge in [0.15, 0.2) is 6.10 Å². The van der Waals surface area contributed by atoms with Crippen molar-refractivity contribution in [2.45, 2.75) is 122 Å². The molecule has 0 unspecified atom stereocenters. The van der Waals surface area contributed by atoms with Crippen molar-refractivity contribution >= 4 is 12.1 Å². The maximum absolute atomic E-state index is 12.8. The van der Waals surface area contributed by atoms with Gasteiger partial charge in [0.25, 0.3) is 0 Å². The molecular formula is C37H63N2O9+. The molecule has 0 spiro atoms. The van der Waals surface area contributed by atoms with Gasteiger partial charge in [0.2, 0.25) is 0 Å². The van der Waals surface area contributed by atoms with E-state index in [-0.39, 0.29) is 55.3 Å². The van der Waals surface area contributed by atoms with Crippen molar-refractivity contribution in [3.05, 3.63) is 36.0 Å². The predicted molar refractivity (Wildman–Crippen MR) is 184 cm³/mol. The second-order valence-electron chi connectivity index (χ2n) is 14.9. The molecule has 1 amide bonds. The molecule has 3 aliphatic heterocycles. The average Bonchev–Trinajstić information content (AvgIpc) is 3.80. The van der Waals surface area contributed by atoms with E-state index in [0.29, 0.717) is 13.0 Å². The molecular weight excluding hydrogens is 616 g/mol. The summed E-state index contributed by atoms with van der Waals surface area (Å²) in [5.41, 5.74) is -0.658. The van der Waals surface area contributed by atoms with E-state index in [1.807, 2.05) is 45.9 Å². The molecule has 3 heterocycles. The average molecular weight is 680 g/mol. The first-order valence-corrected chi connectivity index (χ1v) is 18.0. The zero-order valence-corrected chi connectivity index (χ0v) is 30.3. The number of esters is 1. The number of quaternary nitrogens is 1. The van der Waals surface area contributed by atoms with Gasteiger partial charge in [0.05, 0.1) is 57.6 Å². The number of nitrogens with one attached hydrogen (secondary N) is 1. The molecule has 2 fully saturated rings. The number of cyclic esters (lactones) is 1. The third-order valence-corrected chi connectivity index (χ3v) is 10.3. The first-order valence-electron chi connectivity index (χ1n) is 18.0. The van der Waals surface area contributed by atoms with E-state index in [9.17, 15) is 24.9 Å². The van der Waals surface area contributed by atoms with Crippen LogP contribution in [-0.2, 0) is 23.7 Å². The standard InChI is InChI=1S/C37H62N2O9/c1-8-30(41)28(5)35-31(46-35)23-25(2)11-9-12-26(3)34-27(4)13-14-32(37(6,44)16-15-29(40)24-33(42)48-34)47-36(43)38-17-10-18-39(7)19-21-45-22-20-39/h9,11-14,25,27-32,34-35,40-41,44H,8,10,15-24H2,1-7H3/p+1/b11-9+,14-13+,26-12+/t25-,27+,28-,29-,30+,31-,32+,34-,35-,37-/m1/s1. The van der Waals surface area contributed by atoms with Gasteiger partial charge in [-0.15, -0.1) is 0 Å². The van der Waals surface area contributed by atoms with Crippen molar-refractivity contribution in [2.75, 3.05) is 46.4 Å². The van der Waals surface area contributed by atoms with Crippen molar-refractivity contribution in [1.82, 2.24) is 5.32 Å². The zero-order valence-electron chi connectivity index (χ0n) is 30.3.